The summed E-state index contributed by atoms with van der Waals surface area (Å²) in [6, 6.07) is 15.4. The number of nitrogens with one attached hydrogen (secondary N) is 1. The van der Waals surface area contributed by atoms with Gasteiger partial charge in [0.25, 0.3) is 0 Å². The van der Waals surface area contributed by atoms with Gasteiger partial charge in [-0.15, -0.1) is 13.1 Å². The summed E-state index contributed by atoms with van der Waals surface area (Å²) in [7, 11) is 1.35. The molecule has 0 saturated heterocycles. The molecular formula is C30H39BrCl2N6O4Rb2. The quantitative estimate of drug-likeness (QED) is 0.0591. The smallest absolute Gasteiger partial charge is 0.485 e. The molecule has 0 saturated carbocycles. The van der Waals surface area contributed by atoms with Crippen molar-refractivity contribution in [3.05, 3.63) is 99.8 Å². The van der Waals surface area contributed by atoms with Gasteiger partial charge in [0.15, 0.2) is 5.82 Å². The van der Waals surface area contributed by atoms with E-state index in [0.29, 0.717) is 36.2 Å². The van der Waals surface area contributed by atoms with E-state index in [2.05, 4.69) is 53.4 Å². The Morgan fingerprint density at radius 1 is 1.09 bits per heavy atom. The first-order valence-electron chi connectivity index (χ1n) is 12.3. The zero-order valence-electron chi connectivity index (χ0n) is 24.4. The summed E-state index contributed by atoms with van der Waals surface area (Å²) in [6.45, 7) is 3.45. The summed E-state index contributed by atoms with van der Waals surface area (Å²) in [5.74, 6) is 0.631. The van der Waals surface area contributed by atoms with E-state index in [1.807, 2.05) is 53.5 Å². The van der Waals surface area contributed by atoms with Crippen LogP contribution >= 0.6 is 39.1 Å². The third-order valence-electron chi connectivity index (χ3n) is 5.12. The minimum absolute atomic E-state index is 0. The first kappa shape index (κ1) is 49.6. The van der Waals surface area contributed by atoms with Crippen LogP contribution in [0.15, 0.2) is 70.4 Å². The number of alkyl halides is 1. The molecule has 3 aromatic rings. The summed E-state index contributed by atoms with van der Waals surface area (Å²) >= 11 is 14.4. The van der Waals surface area contributed by atoms with Crippen LogP contribution in [0.2, 0.25) is 10.0 Å². The molecule has 0 spiro atoms. The second-order valence-electron chi connectivity index (χ2n) is 8.23. The van der Waals surface area contributed by atoms with Gasteiger partial charge in [-0.3, -0.25) is 10.9 Å². The molecule has 15 heteroatoms. The SMILES string of the molecule is C.C.COC(=O)CBr.Clc1ccc(Cc2noc(N3C[C-]=CC3)n2)cc1.N/C(Cc1ccc(Cl)cc1)=N\O.[C-]1=CCNC1.[Rb+].[Rb+]. The van der Waals surface area contributed by atoms with Crippen molar-refractivity contribution in [3.63, 3.8) is 0 Å². The average Bonchev–Trinajstić information content (AvgIpc) is 3.80. The number of methoxy groups -OCH3 is 1. The Bertz CT molecular complexity index is 1260. The van der Waals surface area contributed by atoms with E-state index in [9.17, 15) is 4.79 Å². The van der Waals surface area contributed by atoms with E-state index >= 15 is 0 Å². The van der Waals surface area contributed by atoms with Crippen LogP contribution < -0.4 is 132 Å². The van der Waals surface area contributed by atoms with E-state index in [1.165, 1.54) is 7.11 Å². The predicted molar refractivity (Wildman–Crippen MR) is 177 cm³/mol. The van der Waals surface area contributed by atoms with Crippen LogP contribution in [0, 0.1) is 12.2 Å². The van der Waals surface area contributed by atoms with E-state index in [-0.39, 0.29) is 148 Å². The number of hydrogen-bond donors (Lipinski definition) is 3. The van der Waals surface area contributed by atoms with Crippen LogP contribution in [0.4, 0.5) is 6.01 Å². The standard InChI is InChI=1S/C13H11ClN3O.C8H9ClN2O.C4H6N.C3H5BrO2.2CH4.2Rb/c14-11-5-3-10(4-6-11)9-12-15-13(18-16-12)17-7-1-2-8-17;9-7-3-1-6(2-4-7)5-8(10)11-12;1-2-4-5-3-1;1-6-3(5)2-4;;;;/h1,3-6H,7-9H2;1-4,12H,5H2,(H2,10,11);1,5H,3-4H2;2H2,1H3;2*1H4;;/q-1;;-1;;;;2*+1. The molecule has 0 radical (unpaired) electrons. The Hall–Kier alpha value is 0.230. The molecule has 0 bridgehead atoms. The van der Waals surface area contributed by atoms with Gasteiger partial charge in [0.1, 0.15) is 11.2 Å². The van der Waals surface area contributed by atoms with Crippen LogP contribution in [0.1, 0.15) is 31.8 Å². The fourth-order valence-electron chi connectivity index (χ4n) is 3.05. The van der Waals surface area contributed by atoms with E-state index < -0.39 is 0 Å². The summed E-state index contributed by atoms with van der Waals surface area (Å²) in [6.07, 6.45) is 11.1. The molecule has 0 unspecified atom stereocenters. The van der Waals surface area contributed by atoms with Crippen molar-refractivity contribution in [1.82, 2.24) is 15.5 Å². The Kier molecular flexibility index (Phi) is 33.4. The normalized spacial score (nSPS) is 12.2. The van der Waals surface area contributed by atoms with Gasteiger partial charge in [-0.25, -0.2) is 6.08 Å². The number of carbonyl (C=O) groups excluding carboxylic acids is 1. The first-order chi connectivity index (χ1) is 19.8. The summed E-state index contributed by atoms with van der Waals surface area (Å²) < 4.78 is 9.44. The number of esters is 1. The number of carbonyl (C=O) groups is 1. The van der Waals surface area contributed by atoms with Crippen molar-refractivity contribution in [2.45, 2.75) is 27.7 Å². The Balaban J connectivity index is -0.000000570. The Morgan fingerprint density at radius 2 is 1.69 bits per heavy atom. The number of nitrogens with zero attached hydrogens (tertiary/aromatic N) is 4. The number of aromatic nitrogens is 2. The zero-order chi connectivity index (χ0) is 29.9. The molecule has 2 aliphatic heterocycles. The van der Waals surface area contributed by atoms with Gasteiger partial charge in [0.2, 0.25) is 0 Å². The largest absolute Gasteiger partial charge is 1.00 e. The third kappa shape index (κ3) is 22.5. The van der Waals surface area contributed by atoms with Crippen LogP contribution in [0.3, 0.4) is 0 Å². The number of anilines is 1. The van der Waals surface area contributed by atoms with Gasteiger partial charge in [-0.05, 0) is 41.9 Å². The molecule has 1 aromatic heterocycles. The van der Waals surface area contributed by atoms with Crippen molar-refractivity contribution in [2.75, 3.05) is 43.5 Å². The number of oxime groups is 1. The predicted octanol–water partition coefficient (Wildman–Crippen LogP) is -0.0944. The summed E-state index contributed by atoms with van der Waals surface area (Å²) in [4.78, 5) is 16.2. The molecule has 45 heavy (non-hydrogen) atoms. The monoisotopic (exact) mass is 866 g/mol. The van der Waals surface area contributed by atoms with Crippen molar-refractivity contribution in [2.24, 2.45) is 10.9 Å². The number of amidine groups is 1. The second-order valence-corrected chi connectivity index (χ2v) is 9.66. The van der Waals surface area contributed by atoms with Crippen molar-refractivity contribution >= 4 is 57.0 Å². The van der Waals surface area contributed by atoms with E-state index in [0.717, 1.165) is 35.8 Å². The molecule has 2 aromatic carbocycles. The minimum atomic E-state index is -0.241. The van der Waals surface area contributed by atoms with Gasteiger partial charge in [0.05, 0.1) is 7.11 Å². The van der Waals surface area contributed by atoms with E-state index in [4.69, 9.17) is 38.7 Å². The van der Waals surface area contributed by atoms with Gasteiger partial charge >= 0.3 is 128 Å². The minimum Gasteiger partial charge on any atom is -0.485 e. The number of halogens is 3. The molecule has 236 valence electrons. The molecule has 2 aliphatic rings. The fraction of sp³-hybridized carbons (Fsp3) is 0.333. The first-order valence-corrected chi connectivity index (χ1v) is 14.2. The molecule has 0 amide bonds. The van der Waals surface area contributed by atoms with Crippen molar-refractivity contribution < 1.29 is 136 Å². The molecule has 5 rings (SSSR count). The van der Waals surface area contributed by atoms with Crippen LogP contribution in [0.5, 0.6) is 0 Å². The maximum atomic E-state index is 9.91. The Morgan fingerprint density at radius 3 is 2.09 bits per heavy atom. The van der Waals surface area contributed by atoms with E-state index in [1.54, 1.807) is 12.1 Å². The van der Waals surface area contributed by atoms with Crippen molar-refractivity contribution in [1.29, 1.82) is 0 Å². The van der Waals surface area contributed by atoms with Crippen LogP contribution in [-0.2, 0) is 22.4 Å². The van der Waals surface area contributed by atoms with Gasteiger partial charge in [0, 0.05) is 29.4 Å². The molecule has 0 aliphatic carbocycles. The van der Waals surface area contributed by atoms with Gasteiger partial charge in [-0.1, -0.05) is 88.6 Å². The number of nitrogens with two attached hydrogens (primary N) is 1. The van der Waals surface area contributed by atoms with Gasteiger partial charge < -0.3 is 42.6 Å². The number of ether oxygens (including phenoxy) is 1. The maximum Gasteiger partial charge on any atom is 1.00 e. The molecular weight excluding hydrogens is 830 g/mol. The molecule has 10 nitrogen and oxygen atoms in total. The number of rotatable bonds is 6. The Labute approximate surface area is 383 Å². The number of benzene rings is 2. The van der Waals surface area contributed by atoms with Crippen LogP contribution in [0.25, 0.3) is 0 Å². The number of hydrogen-bond acceptors (Lipinski definition) is 9. The van der Waals surface area contributed by atoms with Crippen LogP contribution in [-0.4, -0.2) is 65.8 Å². The summed E-state index contributed by atoms with van der Waals surface area (Å²) in [5.41, 5.74) is 7.39. The van der Waals surface area contributed by atoms with Gasteiger partial charge in [-0.2, -0.15) is 4.98 Å². The fourth-order valence-corrected chi connectivity index (χ4v) is 3.53. The zero-order valence-corrected chi connectivity index (χ0v) is 37.3. The second kappa shape index (κ2) is 30.3. The molecule has 0 atom stereocenters. The molecule has 3 heterocycles. The maximum absolute atomic E-state index is 9.91. The topological polar surface area (TPSA) is 139 Å². The molecule has 0 fully saturated rings. The average molecular weight is 869 g/mol. The molecule has 4 N–H and O–H groups in total. The summed E-state index contributed by atoms with van der Waals surface area (Å²) in [5, 5.41) is 19.9. The van der Waals surface area contributed by atoms with Crippen molar-refractivity contribution in [3.8, 4) is 0 Å². The third-order valence-corrected chi connectivity index (χ3v) is 6.08.